The number of hydrogen-bond donors (Lipinski definition) is 2. The summed E-state index contributed by atoms with van der Waals surface area (Å²) in [6.07, 6.45) is -0.0363. The second-order valence-electron chi connectivity index (χ2n) is 3.03. The van der Waals surface area contributed by atoms with Gasteiger partial charge in [0.2, 0.25) is 0 Å². The molecule has 6 heteroatoms. The summed E-state index contributed by atoms with van der Waals surface area (Å²) in [4.78, 5) is 10.9. The molecule has 1 rings (SSSR count). The quantitative estimate of drug-likeness (QED) is 0.647. The minimum atomic E-state index is -4.97. The topological polar surface area (TPSA) is 69.1 Å². The molecule has 2 unspecified atom stereocenters. The van der Waals surface area contributed by atoms with Gasteiger partial charge in [-0.25, -0.2) is 0 Å². The van der Waals surface area contributed by atoms with E-state index >= 15 is 0 Å². The van der Waals surface area contributed by atoms with Crippen molar-refractivity contribution in [2.45, 2.75) is 17.8 Å². The first-order valence-corrected chi connectivity index (χ1v) is 3.80. The van der Waals surface area contributed by atoms with Crippen molar-refractivity contribution < 1.29 is 18.0 Å². The molecule has 4 N–H and O–H groups in total. The maximum Gasteiger partial charge on any atom is 0.452 e. The van der Waals surface area contributed by atoms with Crippen molar-refractivity contribution >= 4 is 5.78 Å². The van der Waals surface area contributed by atoms with Crippen molar-refractivity contribution in [2.75, 3.05) is 0 Å². The van der Waals surface area contributed by atoms with Crippen molar-refractivity contribution in [1.82, 2.24) is 0 Å². The van der Waals surface area contributed by atoms with E-state index in [1.54, 1.807) is 0 Å². The Kier molecular flexibility index (Phi) is 2.51. The molecular formula is C8H9F3N2O. The molecule has 1 aliphatic carbocycles. The number of rotatable bonds is 1. The molecule has 0 fully saturated rings. The van der Waals surface area contributed by atoms with E-state index in [0.717, 1.165) is 6.08 Å². The Bertz CT molecular complexity index is 308. The highest BCUT2D eigenvalue weighted by molar-refractivity contribution is 5.96. The van der Waals surface area contributed by atoms with E-state index in [1.807, 2.05) is 0 Å². The molecule has 0 spiro atoms. The first kappa shape index (κ1) is 10.9. The summed E-state index contributed by atoms with van der Waals surface area (Å²) >= 11 is 0. The molecule has 0 radical (unpaired) electrons. The van der Waals surface area contributed by atoms with E-state index in [1.165, 1.54) is 18.2 Å². The van der Waals surface area contributed by atoms with Gasteiger partial charge >= 0.3 is 6.18 Å². The zero-order valence-corrected chi connectivity index (χ0v) is 7.08. The molecule has 0 aromatic carbocycles. The van der Waals surface area contributed by atoms with Crippen LogP contribution in [0.4, 0.5) is 13.2 Å². The fraction of sp³-hybridized carbons (Fsp3) is 0.375. The van der Waals surface area contributed by atoms with Crippen LogP contribution in [0.3, 0.4) is 0 Å². The average molecular weight is 206 g/mol. The van der Waals surface area contributed by atoms with Gasteiger partial charge in [-0.2, -0.15) is 13.2 Å². The van der Waals surface area contributed by atoms with E-state index in [2.05, 4.69) is 0 Å². The molecule has 0 saturated carbocycles. The van der Waals surface area contributed by atoms with Crippen LogP contribution in [0.15, 0.2) is 24.3 Å². The number of ketones is 1. The van der Waals surface area contributed by atoms with Crippen LogP contribution in [-0.4, -0.2) is 23.5 Å². The van der Waals surface area contributed by atoms with Gasteiger partial charge in [-0.15, -0.1) is 0 Å². The largest absolute Gasteiger partial charge is 0.452 e. The van der Waals surface area contributed by atoms with Gasteiger partial charge in [0.05, 0.1) is 6.04 Å². The molecule has 0 aliphatic heterocycles. The Balaban J connectivity index is 3.02. The highest BCUT2D eigenvalue weighted by atomic mass is 19.4. The number of nitrogens with two attached hydrogens (primary N) is 2. The third-order valence-electron chi connectivity index (χ3n) is 2.00. The smallest absolute Gasteiger partial charge is 0.322 e. The van der Waals surface area contributed by atoms with Crippen LogP contribution in [0.5, 0.6) is 0 Å². The first-order valence-electron chi connectivity index (χ1n) is 3.80. The number of carbonyl (C=O) groups excluding carboxylic acids is 1. The minimum Gasteiger partial charge on any atom is -0.322 e. The highest BCUT2D eigenvalue weighted by Gasteiger charge is 2.52. The predicted molar refractivity (Wildman–Crippen MR) is 44.2 cm³/mol. The Morgan fingerprint density at radius 2 is 1.93 bits per heavy atom. The molecule has 1 aliphatic rings. The third kappa shape index (κ3) is 1.71. The zero-order chi connectivity index (χ0) is 11.0. The SMILES string of the molecule is NC1C=CC=CC1(N)C(=O)C(F)(F)F. The third-order valence-corrected chi connectivity index (χ3v) is 2.00. The summed E-state index contributed by atoms with van der Waals surface area (Å²) in [5.41, 5.74) is 8.45. The minimum absolute atomic E-state index is 0.966. The van der Waals surface area contributed by atoms with Crippen molar-refractivity contribution in [3.63, 3.8) is 0 Å². The number of allylic oxidation sites excluding steroid dienone is 2. The monoisotopic (exact) mass is 206 g/mol. The summed E-state index contributed by atoms with van der Waals surface area (Å²) in [6.45, 7) is 0. The van der Waals surface area contributed by atoms with Crippen LogP contribution in [0.1, 0.15) is 0 Å². The van der Waals surface area contributed by atoms with Crippen molar-refractivity contribution in [3.8, 4) is 0 Å². The lowest BCUT2D eigenvalue weighted by Gasteiger charge is -2.31. The highest BCUT2D eigenvalue weighted by Crippen LogP contribution is 2.26. The molecule has 0 amide bonds. The van der Waals surface area contributed by atoms with Crippen molar-refractivity contribution in [3.05, 3.63) is 24.3 Å². The molecule has 0 saturated heterocycles. The van der Waals surface area contributed by atoms with Gasteiger partial charge in [-0.3, -0.25) is 4.79 Å². The lowest BCUT2D eigenvalue weighted by atomic mass is 9.83. The lowest BCUT2D eigenvalue weighted by Crippen LogP contribution is -2.63. The van der Waals surface area contributed by atoms with Crippen LogP contribution in [-0.2, 0) is 4.79 Å². The predicted octanol–water partition coefficient (Wildman–Crippen LogP) is 0.269. The van der Waals surface area contributed by atoms with E-state index in [0.29, 0.717) is 0 Å². The van der Waals surface area contributed by atoms with Crippen molar-refractivity contribution in [1.29, 1.82) is 0 Å². The Labute approximate surface area is 78.2 Å². The van der Waals surface area contributed by atoms with Crippen LogP contribution in [0.25, 0.3) is 0 Å². The zero-order valence-electron chi connectivity index (χ0n) is 7.08. The Hall–Kier alpha value is -1.14. The van der Waals surface area contributed by atoms with Gasteiger partial charge in [0.1, 0.15) is 5.54 Å². The maximum absolute atomic E-state index is 12.1. The maximum atomic E-state index is 12.1. The number of Topliss-reactive ketones (excluding diaryl/α,β-unsaturated/α-hetero) is 1. The number of halogens is 3. The normalized spacial score (nSPS) is 31.9. The molecule has 78 valence electrons. The number of alkyl halides is 3. The molecule has 2 atom stereocenters. The molecule has 0 aromatic rings. The molecule has 3 nitrogen and oxygen atoms in total. The Morgan fingerprint density at radius 3 is 2.36 bits per heavy atom. The molecule has 14 heavy (non-hydrogen) atoms. The summed E-state index contributed by atoms with van der Waals surface area (Å²) < 4.78 is 36.3. The fourth-order valence-electron chi connectivity index (χ4n) is 1.14. The summed E-state index contributed by atoms with van der Waals surface area (Å²) in [6, 6.07) is -1.15. The van der Waals surface area contributed by atoms with E-state index in [4.69, 9.17) is 11.5 Å². The van der Waals surface area contributed by atoms with E-state index in [9.17, 15) is 18.0 Å². The van der Waals surface area contributed by atoms with Crippen LogP contribution >= 0.6 is 0 Å². The standard InChI is InChI=1S/C8H9F3N2O/c9-8(10,11)6(14)7(13)4-2-1-3-5(7)12/h1-5H,12-13H2. The van der Waals surface area contributed by atoms with Gasteiger partial charge < -0.3 is 11.5 Å². The van der Waals surface area contributed by atoms with Gasteiger partial charge in [0.15, 0.2) is 0 Å². The van der Waals surface area contributed by atoms with Gasteiger partial charge in [-0.1, -0.05) is 24.3 Å². The van der Waals surface area contributed by atoms with E-state index in [-0.39, 0.29) is 0 Å². The lowest BCUT2D eigenvalue weighted by molar-refractivity contribution is -0.175. The summed E-state index contributed by atoms with van der Waals surface area (Å²) in [7, 11) is 0. The molecule has 0 heterocycles. The van der Waals surface area contributed by atoms with Crippen LogP contribution in [0, 0.1) is 0 Å². The van der Waals surface area contributed by atoms with Gasteiger partial charge in [0, 0.05) is 0 Å². The Morgan fingerprint density at radius 1 is 1.36 bits per heavy atom. The average Bonchev–Trinajstić information content (AvgIpc) is 2.07. The molecular weight excluding hydrogens is 197 g/mol. The molecule has 0 bridgehead atoms. The van der Waals surface area contributed by atoms with Gasteiger partial charge in [0.25, 0.3) is 5.78 Å². The number of hydrogen-bond acceptors (Lipinski definition) is 3. The summed E-state index contributed by atoms with van der Waals surface area (Å²) in [5, 5.41) is 0. The van der Waals surface area contributed by atoms with Crippen molar-refractivity contribution in [2.24, 2.45) is 11.5 Å². The summed E-state index contributed by atoms with van der Waals surface area (Å²) in [5.74, 6) is -2.03. The number of carbonyl (C=O) groups is 1. The molecule has 0 aromatic heterocycles. The van der Waals surface area contributed by atoms with Crippen LogP contribution in [0.2, 0.25) is 0 Å². The fourth-order valence-corrected chi connectivity index (χ4v) is 1.14. The van der Waals surface area contributed by atoms with E-state index < -0.39 is 23.5 Å². The van der Waals surface area contributed by atoms with Gasteiger partial charge in [-0.05, 0) is 0 Å². The first-order chi connectivity index (χ1) is 6.28. The second-order valence-corrected chi connectivity index (χ2v) is 3.03. The van der Waals surface area contributed by atoms with Crippen LogP contribution < -0.4 is 11.5 Å². The second kappa shape index (κ2) is 3.21.